The van der Waals surface area contributed by atoms with E-state index in [4.69, 9.17) is 4.42 Å². The zero-order chi connectivity index (χ0) is 15.1. The summed E-state index contributed by atoms with van der Waals surface area (Å²) in [6.07, 6.45) is 1.20. The summed E-state index contributed by atoms with van der Waals surface area (Å²) in [6, 6.07) is 6.91. The van der Waals surface area contributed by atoms with E-state index in [0.29, 0.717) is 11.1 Å². The van der Waals surface area contributed by atoms with Gasteiger partial charge in [-0.1, -0.05) is 12.1 Å². The second-order valence-corrected chi connectivity index (χ2v) is 4.62. The van der Waals surface area contributed by atoms with Crippen molar-refractivity contribution < 1.29 is 9.21 Å². The number of hydrogen-bond donors (Lipinski definition) is 0. The molecule has 0 atom stereocenters. The number of ketones is 1. The third-order valence-corrected chi connectivity index (χ3v) is 3.18. The van der Waals surface area contributed by atoms with Gasteiger partial charge in [0.1, 0.15) is 11.1 Å². The number of aromatic nitrogens is 3. The summed E-state index contributed by atoms with van der Waals surface area (Å²) < 4.78 is 7.39. The topological polar surface area (TPSA) is 87.1 Å². The molecule has 7 heteroatoms. The predicted molar refractivity (Wildman–Crippen MR) is 74.4 cm³/mol. The van der Waals surface area contributed by atoms with Crippen molar-refractivity contribution in [3.8, 4) is 0 Å². The molecule has 0 aliphatic carbocycles. The lowest BCUT2D eigenvalue weighted by Gasteiger charge is -2.03. The molecule has 0 amide bonds. The van der Waals surface area contributed by atoms with Gasteiger partial charge in [-0.3, -0.25) is 14.2 Å². The normalized spacial score (nSPS) is 11.0. The van der Waals surface area contributed by atoms with Crippen LogP contribution in [0.4, 0.5) is 0 Å². The fourth-order valence-electron chi connectivity index (χ4n) is 2.05. The van der Waals surface area contributed by atoms with Crippen LogP contribution in [0.1, 0.15) is 16.2 Å². The first-order valence-corrected chi connectivity index (χ1v) is 6.16. The highest BCUT2D eigenvalue weighted by Crippen LogP contribution is 2.16. The number of para-hydroxylation sites is 2. The van der Waals surface area contributed by atoms with Crippen molar-refractivity contribution in [2.75, 3.05) is 0 Å². The Morgan fingerprint density at radius 1 is 1.19 bits per heavy atom. The number of benzene rings is 1. The molecule has 0 bridgehead atoms. The molecule has 0 unspecified atom stereocenters. The van der Waals surface area contributed by atoms with E-state index in [1.54, 1.807) is 24.3 Å². The van der Waals surface area contributed by atoms with Crippen LogP contribution in [-0.4, -0.2) is 19.9 Å². The second-order valence-electron chi connectivity index (χ2n) is 4.62. The first-order valence-electron chi connectivity index (χ1n) is 6.16. The van der Waals surface area contributed by atoms with Crippen LogP contribution in [0.5, 0.6) is 0 Å². The number of oxazole rings is 1. The zero-order valence-corrected chi connectivity index (χ0v) is 11.4. The maximum absolute atomic E-state index is 12.4. The molecule has 3 rings (SSSR count). The molecule has 1 aromatic carbocycles. The molecule has 7 nitrogen and oxygen atoms in total. The quantitative estimate of drug-likeness (QED) is 0.638. The van der Waals surface area contributed by atoms with E-state index in [9.17, 15) is 14.4 Å². The summed E-state index contributed by atoms with van der Waals surface area (Å²) in [6.45, 7) is 0. The number of carbonyl (C=O) groups excluding carboxylic acids is 1. The van der Waals surface area contributed by atoms with Crippen molar-refractivity contribution in [1.29, 1.82) is 0 Å². The molecule has 0 aliphatic heterocycles. The van der Waals surface area contributed by atoms with Gasteiger partial charge in [-0.25, -0.2) is 9.78 Å². The monoisotopic (exact) mass is 285 g/mol. The van der Waals surface area contributed by atoms with Gasteiger partial charge in [-0.05, 0) is 12.1 Å². The summed E-state index contributed by atoms with van der Waals surface area (Å²) >= 11 is 0. The van der Waals surface area contributed by atoms with E-state index in [2.05, 4.69) is 4.98 Å². The summed E-state index contributed by atoms with van der Waals surface area (Å²) in [5, 5.41) is 0. The largest absolute Gasteiger partial charge is 0.433 e. The van der Waals surface area contributed by atoms with Crippen molar-refractivity contribution in [1.82, 2.24) is 14.1 Å². The highest BCUT2D eigenvalue weighted by molar-refractivity contribution is 6.06. The van der Waals surface area contributed by atoms with Gasteiger partial charge in [-0.15, -0.1) is 0 Å². The van der Waals surface area contributed by atoms with E-state index >= 15 is 0 Å². The maximum Gasteiger partial charge on any atom is 0.330 e. The van der Waals surface area contributed by atoms with Gasteiger partial charge in [0.05, 0.1) is 0 Å². The van der Waals surface area contributed by atoms with Crippen LogP contribution in [0.2, 0.25) is 0 Å². The Labute approximate surface area is 118 Å². The van der Waals surface area contributed by atoms with Crippen LogP contribution in [0.3, 0.4) is 0 Å². The molecule has 0 aliphatic rings. The van der Waals surface area contributed by atoms with Crippen LogP contribution in [0.25, 0.3) is 11.1 Å². The van der Waals surface area contributed by atoms with Crippen LogP contribution in [0, 0.1) is 0 Å². The average molecular weight is 285 g/mol. The minimum absolute atomic E-state index is 0.161. The van der Waals surface area contributed by atoms with Crippen molar-refractivity contribution in [3.63, 3.8) is 0 Å². The Morgan fingerprint density at radius 2 is 1.90 bits per heavy atom. The molecule has 0 saturated heterocycles. The molecule has 0 fully saturated rings. The van der Waals surface area contributed by atoms with Gasteiger partial charge in [0.2, 0.25) is 0 Å². The fraction of sp³-hybridized carbons (Fsp3) is 0.143. The molecular formula is C14H11N3O4. The Balaban J connectivity index is 2.19. The molecule has 2 aromatic heterocycles. The molecule has 0 N–H and O–H groups in total. The third-order valence-electron chi connectivity index (χ3n) is 3.18. The van der Waals surface area contributed by atoms with Gasteiger partial charge in [-0.2, -0.15) is 0 Å². The fourth-order valence-corrected chi connectivity index (χ4v) is 2.05. The molecule has 106 valence electrons. The van der Waals surface area contributed by atoms with Crippen molar-refractivity contribution in [2.24, 2.45) is 14.1 Å². The predicted octanol–water partition coefficient (Wildman–Crippen LogP) is 0.456. The number of aryl methyl sites for hydroxylation is 1. The third kappa shape index (κ3) is 1.99. The van der Waals surface area contributed by atoms with E-state index in [1.807, 2.05) is 0 Å². The summed E-state index contributed by atoms with van der Waals surface area (Å²) in [5.74, 6) is -0.825. The van der Waals surface area contributed by atoms with E-state index in [-0.39, 0.29) is 11.5 Å². The average Bonchev–Trinajstić information content (AvgIpc) is 2.92. The Hall–Kier alpha value is -2.96. The molecule has 2 heterocycles. The molecule has 3 aromatic rings. The highest BCUT2D eigenvalue weighted by Gasteiger charge is 2.21. The molecule has 0 radical (unpaired) electrons. The summed E-state index contributed by atoms with van der Waals surface area (Å²) in [5.41, 5.74) is -0.351. The summed E-state index contributed by atoms with van der Waals surface area (Å²) in [4.78, 5) is 40.1. The first kappa shape index (κ1) is 13.0. The van der Waals surface area contributed by atoms with Crippen LogP contribution in [-0.2, 0) is 14.1 Å². The lowest BCUT2D eigenvalue weighted by atomic mass is 10.2. The summed E-state index contributed by atoms with van der Waals surface area (Å²) in [7, 11) is 2.78. The number of rotatable bonds is 2. The minimum atomic E-state index is -0.676. The van der Waals surface area contributed by atoms with Gasteiger partial charge in [0.25, 0.3) is 17.2 Å². The molecular weight excluding hydrogens is 274 g/mol. The first-order chi connectivity index (χ1) is 9.99. The van der Waals surface area contributed by atoms with E-state index < -0.39 is 17.0 Å². The number of nitrogens with zero attached hydrogens (tertiary/aromatic N) is 3. The number of fused-ring (bicyclic) bond motifs is 1. The van der Waals surface area contributed by atoms with Gasteiger partial charge in [0, 0.05) is 20.3 Å². The van der Waals surface area contributed by atoms with Gasteiger partial charge in [0.15, 0.2) is 5.58 Å². The van der Waals surface area contributed by atoms with Gasteiger partial charge >= 0.3 is 5.69 Å². The Bertz CT molecular complexity index is 945. The van der Waals surface area contributed by atoms with Crippen molar-refractivity contribution in [3.05, 3.63) is 62.8 Å². The molecule has 0 spiro atoms. The highest BCUT2D eigenvalue weighted by atomic mass is 16.4. The van der Waals surface area contributed by atoms with E-state index in [0.717, 1.165) is 9.13 Å². The van der Waals surface area contributed by atoms with Crippen LogP contribution >= 0.6 is 0 Å². The SMILES string of the molecule is Cn1cc(C(=O)c2nc3ccccc3o2)c(=O)n(C)c1=O. The van der Waals surface area contributed by atoms with E-state index in [1.165, 1.54) is 20.3 Å². The Morgan fingerprint density at radius 3 is 2.62 bits per heavy atom. The minimum Gasteiger partial charge on any atom is -0.433 e. The lowest BCUT2D eigenvalue weighted by molar-refractivity contribution is 0.100. The smallest absolute Gasteiger partial charge is 0.330 e. The molecule has 21 heavy (non-hydrogen) atoms. The standard InChI is InChI=1S/C14H11N3O4/c1-16-7-8(13(19)17(2)14(16)20)11(18)12-15-9-5-3-4-6-10(9)21-12/h3-7H,1-2H3. The number of carbonyl (C=O) groups is 1. The maximum atomic E-state index is 12.4. The second kappa shape index (κ2) is 4.55. The van der Waals surface area contributed by atoms with Crippen LogP contribution in [0.15, 0.2) is 44.5 Å². The number of hydrogen-bond acceptors (Lipinski definition) is 5. The van der Waals surface area contributed by atoms with Crippen LogP contribution < -0.4 is 11.2 Å². The molecule has 0 saturated carbocycles. The Kier molecular flexibility index (Phi) is 2.83. The lowest BCUT2D eigenvalue weighted by Crippen LogP contribution is -2.39. The van der Waals surface area contributed by atoms with Crippen molar-refractivity contribution >= 4 is 16.9 Å². The zero-order valence-electron chi connectivity index (χ0n) is 11.4. The van der Waals surface area contributed by atoms with Crippen molar-refractivity contribution in [2.45, 2.75) is 0 Å². The van der Waals surface area contributed by atoms with Gasteiger partial charge < -0.3 is 8.98 Å².